The summed E-state index contributed by atoms with van der Waals surface area (Å²) in [7, 11) is 1.68. The molecule has 2 aromatic rings. The number of ether oxygens (including phenoxy) is 1. The second kappa shape index (κ2) is 8.66. The SMILES string of the molecule is CN(CCC(=O)Nc1cccc(F)c1)Cc1ccccc1OC(F)(F)F. The maximum Gasteiger partial charge on any atom is 0.573 e. The van der Waals surface area contributed by atoms with Crippen LogP contribution >= 0.6 is 0 Å². The molecule has 0 saturated heterocycles. The predicted molar refractivity (Wildman–Crippen MR) is 89.1 cm³/mol. The van der Waals surface area contributed by atoms with Gasteiger partial charge in [-0.05, 0) is 31.3 Å². The summed E-state index contributed by atoms with van der Waals surface area (Å²) in [6.45, 7) is 0.487. The first-order chi connectivity index (χ1) is 12.2. The van der Waals surface area contributed by atoms with Crippen LogP contribution in [0.4, 0.5) is 23.2 Å². The molecule has 140 valence electrons. The van der Waals surface area contributed by atoms with Gasteiger partial charge >= 0.3 is 6.36 Å². The summed E-state index contributed by atoms with van der Waals surface area (Å²) in [5, 5.41) is 2.57. The van der Waals surface area contributed by atoms with Gasteiger partial charge in [-0.3, -0.25) is 4.79 Å². The van der Waals surface area contributed by atoms with Crippen molar-refractivity contribution in [1.29, 1.82) is 0 Å². The second-order valence-electron chi connectivity index (χ2n) is 5.70. The number of carbonyl (C=O) groups excluding carboxylic acids is 1. The van der Waals surface area contributed by atoms with Crippen LogP contribution in [0.15, 0.2) is 48.5 Å². The molecule has 0 bridgehead atoms. The van der Waals surface area contributed by atoms with Crippen LogP contribution in [-0.4, -0.2) is 30.8 Å². The van der Waals surface area contributed by atoms with Crippen LogP contribution in [-0.2, 0) is 11.3 Å². The van der Waals surface area contributed by atoms with Crippen molar-refractivity contribution in [3.05, 3.63) is 59.9 Å². The lowest BCUT2D eigenvalue weighted by Gasteiger charge is -2.19. The van der Waals surface area contributed by atoms with E-state index in [1.807, 2.05) is 0 Å². The minimum absolute atomic E-state index is 0.106. The van der Waals surface area contributed by atoms with E-state index < -0.39 is 12.2 Å². The van der Waals surface area contributed by atoms with Crippen LogP contribution in [0, 0.1) is 5.82 Å². The summed E-state index contributed by atoms with van der Waals surface area (Å²) in [5.74, 6) is -1.04. The Kier molecular flexibility index (Phi) is 6.57. The highest BCUT2D eigenvalue weighted by atomic mass is 19.4. The molecule has 0 aromatic heterocycles. The van der Waals surface area contributed by atoms with Crippen molar-refractivity contribution >= 4 is 11.6 Å². The molecule has 0 aliphatic carbocycles. The molecule has 0 radical (unpaired) electrons. The van der Waals surface area contributed by atoms with E-state index in [4.69, 9.17) is 0 Å². The van der Waals surface area contributed by atoms with Crippen LogP contribution < -0.4 is 10.1 Å². The fourth-order valence-corrected chi connectivity index (χ4v) is 2.31. The normalized spacial score (nSPS) is 11.5. The van der Waals surface area contributed by atoms with E-state index in [0.29, 0.717) is 17.8 Å². The Labute approximate surface area is 148 Å². The molecule has 0 heterocycles. The number of hydrogen-bond acceptors (Lipinski definition) is 3. The van der Waals surface area contributed by atoms with Crippen molar-refractivity contribution < 1.29 is 27.1 Å². The van der Waals surface area contributed by atoms with E-state index in [1.54, 1.807) is 24.1 Å². The van der Waals surface area contributed by atoms with Crippen LogP contribution in [0.1, 0.15) is 12.0 Å². The third-order valence-electron chi connectivity index (χ3n) is 3.47. The Hall–Kier alpha value is -2.61. The number of nitrogens with zero attached hydrogens (tertiary/aromatic N) is 1. The molecule has 0 saturated carbocycles. The van der Waals surface area contributed by atoms with Gasteiger partial charge in [0, 0.05) is 30.8 Å². The standard InChI is InChI=1S/C18H18F4N2O2/c1-24(10-9-17(25)23-15-7-4-6-14(19)11-15)12-13-5-2-3-8-16(13)26-18(20,21)22/h2-8,11H,9-10,12H2,1H3,(H,23,25). The van der Waals surface area contributed by atoms with Crippen LogP contribution in [0.3, 0.4) is 0 Å². The number of hydrogen-bond donors (Lipinski definition) is 1. The van der Waals surface area contributed by atoms with Crippen molar-refractivity contribution in [3.63, 3.8) is 0 Å². The van der Waals surface area contributed by atoms with Crippen molar-refractivity contribution in [1.82, 2.24) is 4.90 Å². The van der Waals surface area contributed by atoms with Gasteiger partial charge in [-0.25, -0.2) is 4.39 Å². The number of benzene rings is 2. The monoisotopic (exact) mass is 370 g/mol. The number of carbonyl (C=O) groups is 1. The quantitative estimate of drug-likeness (QED) is 0.744. The molecule has 26 heavy (non-hydrogen) atoms. The van der Waals surface area contributed by atoms with Crippen molar-refractivity contribution in [2.75, 3.05) is 18.9 Å². The molecule has 0 spiro atoms. The first-order valence-electron chi connectivity index (χ1n) is 7.80. The average Bonchev–Trinajstić information content (AvgIpc) is 2.53. The minimum atomic E-state index is -4.76. The maximum absolute atomic E-state index is 13.1. The third-order valence-corrected chi connectivity index (χ3v) is 3.47. The van der Waals surface area contributed by atoms with Crippen molar-refractivity contribution in [2.45, 2.75) is 19.3 Å². The summed E-state index contributed by atoms with van der Waals surface area (Å²) in [6.07, 6.45) is -4.66. The molecule has 8 heteroatoms. The van der Waals surface area contributed by atoms with E-state index in [2.05, 4.69) is 10.1 Å². The highest BCUT2D eigenvalue weighted by Crippen LogP contribution is 2.26. The summed E-state index contributed by atoms with van der Waals surface area (Å²) in [4.78, 5) is 13.6. The number of rotatable bonds is 7. The number of anilines is 1. The largest absolute Gasteiger partial charge is 0.573 e. The zero-order valence-electron chi connectivity index (χ0n) is 14.0. The molecular formula is C18H18F4N2O2. The first kappa shape index (κ1) is 19.7. The summed E-state index contributed by atoms with van der Waals surface area (Å²) in [6, 6.07) is 11.4. The second-order valence-corrected chi connectivity index (χ2v) is 5.70. The van der Waals surface area contributed by atoms with Gasteiger partial charge in [0.15, 0.2) is 0 Å². The van der Waals surface area contributed by atoms with Crippen molar-refractivity contribution in [3.8, 4) is 5.75 Å². The number of alkyl halides is 3. The van der Waals surface area contributed by atoms with E-state index in [1.165, 1.54) is 36.4 Å². The van der Waals surface area contributed by atoms with Crippen LogP contribution in [0.25, 0.3) is 0 Å². The van der Waals surface area contributed by atoms with Gasteiger partial charge in [0.05, 0.1) is 0 Å². The summed E-state index contributed by atoms with van der Waals surface area (Å²) in [5.41, 5.74) is 0.708. The highest BCUT2D eigenvalue weighted by molar-refractivity contribution is 5.90. The molecule has 0 aliphatic heterocycles. The van der Waals surface area contributed by atoms with Gasteiger partial charge in [-0.1, -0.05) is 24.3 Å². The van der Waals surface area contributed by atoms with Gasteiger partial charge < -0.3 is 15.0 Å². The van der Waals surface area contributed by atoms with Crippen molar-refractivity contribution in [2.24, 2.45) is 0 Å². The molecule has 0 aliphatic rings. The molecule has 1 N–H and O–H groups in total. The smallest absolute Gasteiger partial charge is 0.405 e. The van der Waals surface area contributed by atoms with Gasteiger partial charge in [0.2, 0.25) is 5.91 Å². The molecule has 2 aromatic carbocycles. The Morgan fingerprint density at radius 3 is 2.58 bits per heavy atom. The minimum Gasteiger partial charge on any atom is -0.405 e. The zero-order valence-corrected chi connectivity index (χ0v) is 14.0. The number of nitrogens with one attached hydrogen (secondary N) is 1. The maximum atomic E-state index is 13.1. The van der Waals surface area contributed by atoms with Gasteiger partial charge in [0.1, 0.15) is 11.6 Å². The summed E-state index contributed by atoms with van der Waals surface area (Å²) >= 11 is 0. The zero-order chi connectivity index (χ0) is 19.2. The molecule has 4 nitrogen and oxygen atoms in total. The molecule has 1 amide bonds. The molecule has 0 atom stereocenters. The Bertz CT molecular complexity index is 750. The van der Waals surface area contributed by atoms with E-state index in [-0.39, 0.29) is 24.6 Å². The topological polar surface area (TPSA) is 41.6 Å². The lowest BCUT2D eigenvalue weighted by molar-refractivity contribution is -0.275. The Morgan fingerprint density at radius 2 is 1.88 bits per heavy atom. The highest BCUT2D eigenvalue weighted by Gasteiger charge is 2.32. The Morgan fingerprint density at radius 1 is 1.15 bits per heavy atom. The lowest BCUT2D eigenvalue weighted by atomic mass is 10.2. The fraction of sp³-hybridized carbons (Fsp3) is 0.278. The Balaban J connectivity index is 1.87. The van der Waals surface area contributed by atoms with Gasteiger partial charge in [-0.2, -0.15) is 0 Å². The van der Waals surface area contributed by atoms with Gasteiger partial charge in [0.25, 0.3) is 0 Å². The number of amides is 1. The third kappa shape index (κ3) is 6.72. The lowest BCUT2D eigenvalue weighted by Crippen LogP contribution is -2.25. The van der Waals surface area contributed by atoms with E-state index in [0.717, 1.165) is 0 Å². The van der Waals surface area contributed by atoms with E-state index >= 15 is 0 Å². The summed E-state index contributed by atoms with van der Waals surface area (Å²) < 4.78 is 54.4. The number of halogens is 4. The van der Waals surface area contributed by atoms with Crippen LogP contribution in [0.2, 0.25) is 0 Å². The molecule has 0 unspecified atom stereocenters. The molecule has 2 rings (SSSR count). The molecular weight excluding hydrogens is 352 g/mol. The fourth-order valence-electron chi connectivity index (χ4n) is 2.31. The average molecular weight is 370 g/mol. The number of para-hydroxylation sites is 1. The van der Waals surface area contributed by atoms with E-state index in [9.17, 15) is 22.4 Å². The van der Waals surface area contributed by atoms with Gasteiger partial charge in [-0.15, -0.1) is 13.2 Å². The predicted octanol–water partition coefficient (Wildman–Crippen LogP) is 4.18. The molecule has 0 fully saturated rings. The first-order valence-corrected chi connectivity index (χ1v) is 7.80. The van der Waals surface area contributed by atoms with Crippen LogP contribution in [0.5, 0.6) is 5.75 Å².